The summed E-state index contributed by atoms with van der Waals surface area (Å²) in [5, 5.41) is 0. The average molecular weight is 323 g/mol. The first-order valence-corrected chi connectivity index (χ1v) is 11.0. The van der Waals surface area contributed by atoms with Gasteiger partial charge in [0.15, 0.2) is 0 Å². The maximum atomic E-state index is 2.56. The van der Waals surface area contributed by atoms with Crippen molar-refractivity contribution in [2.45, 2.75) is 112 Å². The highest BCUT2D eigenvalue weighted by Crippen LogP contribution is 2.45. The number of hydrogen-bond acceptors (Lipinski definition) is 0. The first-order valence-electron chi connectivity index (χ1n) is 11.0. The zero-order valence-corrected chi connectivity index (χ0v) is 17.2. The van der Waals surface area contributed by atoms with E-state index in [9.17, 15) is 0 Å². The van der Waals surface area contributed by atoms with E-state index >= 15 is 0 Å². The van der Waals surface area contributed by atoms with Crippen molar-refractivity contribution in [2.75, 3.05) is 0 Å². The molecule has 1 aliphatic rings. The summed E-state index contributed by atoms with van der Waals surface area (Å²) >= 11 is 0. The first-order chi connectivity index (χ1) is 11.0. The summed E-state index contributed by atoms with van der Waals surface area (Å²) in [5.74, 6) is 5.90. The van der Waals surface area contributed by atoms with Gasteiger partial charge in [-0.15, -0.1) is 0 Å². The van der Waals surface area contributed by atoms with Crippen molar-refractivity contribution in [3.8, 4) is 0 Å². The molecule has 0 aromatic carbocycles. The fraction of sp³-hybridized carbons (Fsp3) is 1.00. The van der Waals surface area contributed by atoms with Crippen molar-refractivity contribution >= 4 is 0 Å². The molecular weight excluding hydrogens is 276 g/mol. The van der Waals surface area contributed by atoms with E-state index in [-0.39, 0.29) is 0 Å². The summed E-state index contributed by atoms with van der Waals surface area (Å²) in [6.07, 6.45) is 15.9. The Hall–Kier alpha value is 0. The Morgan fingerprint density at radius 1 is 0.826 bits per heavy atom. The molecule has 138 valence electrons. The van der Waals surface area contributed by atoms with Crippen LogP contribution in [0.1, 0.15) is 112 Å². The zero-order chi connectivity index (χ0) is 17.2. The lowest BCUT2D eigenvalue weighted by Gasteiger charge is -2.43. The van der Waals surface area contributed by atoms with Gasteiger partial charge in [-0.1, -0.05) is 99.3 Å². The molecule has 0 aromatic rings. The second kappa shape index (κ2) is 11.5. The molecule has 1 fully saturated rings. The molecular formula is C23H46. The van der Waals surface area contributed by atoms with Crippen LogP contribution in [0.15, 0.2) is 0 Å². The minimum absolute atomic E-state index is 0.947. The van der Waals surface area contributed by atoms with Crippen LogP contribution in [0.4, 0.5) is 0 Å². The van der Waals surface area contributed by atoms with E-state index in [4.69, 9.17) is 0 Å². The quantitative estimate of drug-likeness (QED) is 0.337. The molecule has 0 heteroatoms. The van der Waals surface area contributed by atoms with E-state index in [1.165, 1.54) is 70.6 Å². The Morgan fingerprint density at radius 2 is 1.52 bits per heavy atom. The summed E-state index contributed by atoms with van der Waals surface area (Å²) in [4.78, 5) is 0. The van der Waals surface area contributed by atoms with Gasteiger partial charge in [-0.2, -0.15) is 0 Å². The molecule has 0 amide bonds. The molecule has 0 nitrogen and oxygen atoms in total. The van der Waals surface area contributed by atoms with E-state index in [0.717, 1.165) is 35.5 Å². The van der Waals surface area contributed by atoms with E-state index < -0.39 is 0 Å². The Balaban J connectivity index is 2.37. The highest BCUT2D eigenvalue weighted by Gasteiger charge is 2.35. The minimum Gasteiger partial charge on any atom is -0.0654 e. The number of unbranched alkanes of at least 4 members (excludes halogenated alkanes) is 1. The van der Waals surface area contributed by atoms with Gasteiger partial charge in [-0.25, -0.2) is 0 Å². The maximum Gasteiger partial charge on any atom is -0.0360 e. The largest absolute Gasteiger partial charge is 0.0654 e. The van der Waals surface area contributed by atoms with Gasteiger partial charge in [0.25, 0.3) is 0 Å². The van der Waals surface area contributed by atoms with Crippen LogP contribution in [0.5, 0.6) is 0 Å². The van der Waals surface area contributed by atoms with Gasteiger partial charge in [0.2, 0.25) is 0 Å². The maximum absolute atomic E-state index is 2.56. The molecule has 1 aliphatic carbocycles. The van der Waals surface area contributed by atoms with E-state index in [2.05, 4.69) is 41.5 Å². The highest BCUT2D eigenvalue weighted by molar-refractivity contribution is 4.85. The van der Waals surface area contributed by atoms with Crippen LogP contribution >= 0.6 is 0 Å². The summed E-state index contributed by atoms with van der Waals surface area (Å²) in [7, 11) is 0. The predicted octanol–water partition coefficient (Wildman–Crippen LogP) is 8.11. The molecule has 0 aliphatic heterocycles. The van der Waals surface area contributed by atoms with Crippen LogP contribution in [0.3, 0.4) is 0 Å². The fourth-order valence-corrected chi connectivity index (χ4v) is 5.45. The number of rotatable bonds is 11. The second-order valence-corrected chi connectivity index (χ2v) is 8.99. The van der Waals surface area contributed by atoms with E-state index in [1.807, 2.05) is 0 Å². The first kappa shape index (κ1) is 21.0. The molecule has 1 saturated carbocycles. The average Bonchev–Trinajstić information content (AvgIpc) is 2.53. The molecule has 0 saturated heterocycles. The van der Waals surface area contributed by atoms with Crippen LogP contribution in [0, 0.1) is 35.5 Å². The number of hydrogen-bond donors (Lipinski definition) is 0. The van der Waals surface area contributed by atoms with Gasteiger partial charge in [0.05, 0.1) is 0 Å². The smallest absolute Gasteiger partial charge is 0.0360 e. The third kappa shape index (κ3) is 7.18. The summed E-state index contributed by atoms with van der Waals surface area (Å²) in [6, 6.07) is 0. The summed E-state index contributed by atoms with van der Waals surface area (Å²) in [6.45, 7) is 14.7. The SMILES string of the molecule is CCCC(C)CCCCC(C)C1CC(CCC)C(CC)CC1C. The van der Waals surface area contributed by atoms with Crippen LogP contribution in [-0.2, 0) is 0 Å². The highest BCUT2D eigenvalue weighted by atomic mass is 14.4. The molecule has 1 rings (SSSR count). The van der Waals surface area contributed by atoms with Crippen molar-refractivity contribution < 1.29 is 0 Å². The fourth-order valence-electron chi connectivity index (χ4n) is 5.45. The lowest BCUT2D eigenvalue weighted by molar-refractivity contribution is 0.0741. The molecule has 6 atom stereocenters. The van der Waals surface area contributed by atoms with Gasteiger partial charge in [0, 0.05) is 0 Å². The molecule has 0 heterocycles. The second-order valence-electron chi connectivity index (χ2n) is 8.99. The van der Waals surface area contributed by atoms with Gasteiger partial charge in [-0.3, -0.25) is 0 Å². The molecule has 6 unspecified atom stereocenters. The predicted molar refractivity (Wildman–Crippen MR) is 106 cm³/mol. The van der Waals surface area contributed by atoms with Crippen molar-refractivity contribution in [1.29, 1.82) is 0 Å². The van der Waals surface area contributed by atoms with Crippen LogP contribution in [0.2, 0.25) is 0 Å². The van der Waals surface area contributed by atoms with Gasteiger partial charge in [0.1, 0.15) is 0 Å². The van der Waals surface area contributed by atoms with E-state index in [0.29, 0.717) is 0 Å². The Bertz CT molecular complexity index is 282. The lowest BCUT2D eigenvalue weighted by atomic mass is 9.63. The molecule has 0 N–H and O–H groups in total. The van der Waals surface area contributed by atoms with Crippen LogP contribution < -0.4 is 0 Å². The Morgan fingerprint density at radius 3 is 2.13 bits per heavy atom. The van der Waals surface area contributed by atoms with Gasteiger partial charge >= 0.3 is 0 Å². The van der Waals surface area contributed by atoms with Crippen molar-refractivity contribution in [2.24, 2.45) is 35.5 Å². The summed E-state index contributed by atoms with van der Waals surface area (Å²) < 4.78 is 0. The zero-order valence-electron chi connectivity index (χ0n) is 17.2. The molecule has 23 heavy (non-hydrogen) atoms. The third-order valence-electron chi connectivity index (χ3n) is 6.95. The third-order valence-corrected chi connectivity index (χ3v) is 6.95. The van der Waals surface area contributed by atoms with Crippen LogP contribution in [-0.4, -0.2) is 0 Å². The molecule has 0 spiro atoms. The minimum atomic E-state index is 0.947. The standard InChI is InChI=1S/C23H46/c1-7-12-18(4)14-10-11-15-19(5)23-17-22(13-8-2)21(9-3)16-20(23)6/h18-23H,7-17H2,1-6H3. The van der Waals surface area contributed by atoms with Gasteiger partial charge < -0.3 is 0 Å². The Labute approximate surface area is 148 Å². The van der Waals surface area contributed by atoms with E-state index in [1.54, 1.807) is 0 Å². The van der Waals surface area contributed by atoms with Gasteiger partial charge in [-0.05, 0) is 48.3 Å². The topological polar surface area (TPSA) is 0 Å². The van der Waals surface area contributed by atoms with Crippen molar-refractivity contribution in [3.63, 3.8) is 0 Å². The van der Waals surface area contributed by atoms with Crippen molar-refractivity contribution in [1.82, 2.24) is 0 Å². The Kier molecular flexibility index (Phi) is 10.6. The molecule has 0 radical (unpaired) electrons. The monoisotopic (exact) mass is 322 g/mol. The molecule has 0 bridgehead atoms. The lowest BCUT2D eigenvalue weighted by Crippen LogP contribution is -2.33. The molecule has 0 aromatic heterocycles. The van der Waals surface area contributed by atoms with Crippen LogP contribution in [0.25, 0.3) is 0 Å². The normalized spacial score (nSPS) is 31.0. The summed E-state index contributed by atoms with van der Waals surface area (Å²) in [5.41, 5.74) is 0. The van der Waals surface area contributed by atoms with Crippen molar-refractivity contribution in [3.05, 3.63) is 0 Å².